The average Bonchev–Trinajstić information content (AvgIpc) is 2.38. The maximum absolute atomic E-state index is 9.05. The number of terminal acetylenes is 1. The van der Waals surface area contributed by atoms with Gasteiger partial charge in [0.25, 0.3) is 0 Å². The molecule has 17 heavy (non-hydrogen) atoms. The third-order valence-corrected chi connectivity index (χ3v) is 2.20. The topological polar surface area (TPSA) is 45.0 Å². The molecule has 1 aromatic carbocycles. The zero-order valence-corrected chi connectivity index (χ0v) is 9.94. The molecule has 1 rings (SSSR count). The van der Waals surface area contributed by atoms with Crippen LogP contribution in [-0.4, -0.2) is 13.2 Å². The van der Waals surface area contributed by atoms with Crippen molar-refractivity contribution in [3.63, 3.8) is 0 Å². The Morgan fingerprint density at radius 3 is 3.00 bits per heavy atom. The lowest BCUT2D eigenvalue weighted by molar-refractivity contribution is 0.317. The zero-order valence-electron chi connectivity index (χ0n) is 9.94. The molecule has 3 nitrogen and oxygen atoms in total. The van der Waals surface area contributed by atoms with Crippen molar-refractivity contribution in [1.82, 2.24) is 5.32 Å². The van der Waals surface area contributed by atoms with Crippen molar-refractivity contribution in [2.24, 2.45) is 0 Å². The number of hydrogen-bond donors (Lipinski definition) is 1. The van der Waals surface area contributed by atoms with Gasteiger partial charge in [-0.25, -0.2) is 0 Å². The number of benzene rings is 1. The van der Waals surface area contributed by atoms with Crippen LogP contribution in [0.4, 0.5) is 0 Å². The molecule has 88 valence electrons. The quantitative estimate of drug-likeness (QED) is 0.760. The number of nitrogens with zero attached hydrogens (tertiary/aromatic N) is 1. The van der Waals surface area contributed by atoms with Gasteiger partial charge in [0.1, 0.15) is 11.8 Å². The van der Waals surface area contributed by atoms with E-state index in [0.717, 1.165) is 17.7 Å². The van der Waals surface area contributed by atoms with E-state index in [1.165, 1.54) is 0 Å². The maximum atomic E-state index is 9.05. The lowest BCUT2D eigenvalue weighted by Gasteiger charge is -2.11. The minimum absolute atomic E-state index is 0.373. The van der Waals surface area contributed by atoms with Crippen molar-refractivity contribution in [3.05, 3.63) is 29.8 Å². The van der Waals surface area contributed by atoms with Crippen LogP contribution in [0.2, 0.25) is 0 Å². The molecule has 0 aromatic heterocycles. The number of rotatable bonds is 6. The third kappa shape index (κ3) is 4.18. The van der Waals surface area contributed by atoms with Crippen molar-refractivity contribution >= 4 is 0 Å². The first-order valence-electron chi connectivity index (χ1n) is 5.61. The van der Waals surface area contributed by atoms with Gasteiger partial charge in [-0.05, 0) is 24.1 Å². The van der Waals surface area contributed by atoms with E-state index in [-0.39, 0.29) is 0 Å². The van der Waals surface area contributed by atoms with Crippen LogP contribution in [0.1, 0.15) is 24.9 Å². The van der Waals surface area contributed by atoms with E-state index in [9.17, 15) is 0 Å². The summed E-state index contributed by atoms with van der Waals surface area (Å²) in [5.41, 5.74) is 0.872. The number of nitriles is 1. The number of nitrogens with one attached hydrogen (secondary N) is 1. The van der Waals surface area contributed by atoms with Crippen LogP contribution in [0.5, 0.6) is 5.75 Å². The first-order chi connectivity index (χ1) is 8.31. The van der Waals surface area contributed by atoms with Gasteiger partial charge in [0, 0.05) is 0 Å². The largest absolute Gasteiger partial charge is 0.494 e. The second kappa shape index (κ2) is 7.33. The third-order valence-electron chi connectivity index (χ3n) is 2.20. The molecular weight excluding hydrogens is 212 g/mol. The summed E-state index contributed by atoms with van der Waals surface area (Å²) < 4.78 is 5.52. The fourth-order valence-corrected chi connectivity index (χ4v) is 1.40. The average molecular weight is 228 g/mol. The number of hydrogen-bond acceptors (Lipinski definition) is 3. The van der Waals surface area contributed by atoms with Gasteiger partial charge in [-0.1, -0.05) is 25.0 Å². The molecule has 0 aliphatic rings. The molecule has 1 atom stereocenters. The van der Waals surface area contributed by atoms with E-state index in [2.05, 4.69) is 24.2 Å². The summed E-state index contributed by atoms with van der Waals surface area (Å²) in [7, 11) is 0. The smallest absolute Gasteiger partial charge is 0.122 e. The molecule has 1 unspecified atom stereocenters. The van der Waals surface area contributed by atoms with Crippen LogP contribution in [0.3, 0.4) is 0 Å². The van der Waals surface area contributed by atoms with Gasteiger partial charge in [-0.15, -0.1) is 6.42 Å². The zero-order chi connectivity index (χ0) is 12.5. The molecule has 0 aliphatic heterocycles. The lowest BCUT2D eigenvalue weighted by Crippen LogP contribution is -2.20. The van der Waals surface area contributed by atoms with Crippen molar-refractivity contribution in [1.29, 1.82) is 5.26 Å². The summed E-state index contributed by atoms with van der Waals surface area (Å²) in [4.78, 5) is 0. The number of ether oxygens (including phenoxy) is 1. The van der Waals surface area contributed by atoms with Gasteiger partial charge >= 0.3 is 0 Å². The van der Waals surface area contributed by atoms with Gasteiger partial charge in [0.05, 0.1) is 19.2 Å². The summed E-state index contributed by atoms with van der Waals surface area (Å²) >= 11 is 0. The van der Waals surface area contributed by atoms with E-state index in [1.54, 1.807) is 0 Å². The van der Waals surface area contributed by atoms with Crippen molar-refractivity contribution in [3.8, 4) is 24.2 Å². The Morgan fingerprint density at radius 1 is 1.53 bits per heavy atom. The standard InChI is InChI=1S/C14H16N2O/c1-3-8-16-14(11-15)12-6-5-7-13(10-12)17-9-4-2/h1,5-7,10,14,16H,4,8-9H2,2H3. The summed E-state index contributed by atoms with van der Waals surface area (Å²) in [5.74, 6) is 3.24. The molecule has 0 bridgehead atoms. The predicted molar refractivity (Wildman–Crippen MR) is 67.4 cm³/mol. The van der Waals surface area contributed by atoms with Gasteiger partial charge in [0.15, 0.2) is 0 Å². The first-order valence-corrected chi connectivity index (χ1v) is 5.61. The highest BCUT2D eigenvalue weighted by Gasteiger charge is 2.09. The van der Waals surface area contributed by atoms with Crippen molar-refractivity contribution < 1.29 is 4.74 Å². The molecule has 0 saturated heterocycles. The molecule has 0 spiro atoms. The summed E-state index contributed by atoms with van der Waals surface area (Å²) in [6.45, 7) is 3.10. The fourth-order valence-electron chi connectivity index (χ4n) is 1.40. The van der Waals surface area contributed by atoms with Gasteiger partial charge in [-0.3, -0.25) is 5.32 Å². The highest BCUT2D eigenvalue weighted by molar-refractivity contribution is 5.33. The Bertz CT molecular complexity index is 429. The van der Waals surface area contributed by atoms with Gasteiger partial charge < -0.3 is 4.74 Å². The van der Waals surface area contributed by atoms with Crippen LogP contribution in [0.15, 0.2) is 24.3 Å². The Hall–Kier alpha value is -1.97. The normalized spacial score (nSPS) is 11.2. The van der Waals surface area contributed by atoms with Crippen LogP contribution < -0.4 is 10.1 Å². The van der Waals surface area contributed by atoms with Gasteiger partial charge in [0.2, 0.25) is 0 Å². The molecule has 0 aliphatic carbocycles. The van der Waals surface area contributed by atoms with Crippen LogP contribution in [-0.2, 0) is 0 Å². The van der Waals surface area contributed by atoms with Crippen LogP contribution >= 0.6 is 0 Å². The Morgan fingerprint density at radius 2 is 2.35 bits per heavy atom. The summed E-state index contributed by atoms with van der Waals surface area (Å²) in [6.07, 6.45) is 6.12. The first kappa shape index (κ1) is 13.1. The molecule has 0 radical (unpaired) electrons. The molecule has 0 heterocycles. The van der Waals surface area contributed by atoms with Crippen molar-refractivity contribution in [2.45, 2.75) is 19.4 Å². The van der Waals surface area contributed by atoms with Crippen LogP contribution in [0.25, 0.3) is 0 Å². The monoisotopic (exact) mass is 228 g/mol. The Kier molecular flexibility index (Phi) is 5.64. The summed E-state index contributed by atoms with van der Waals surface area (Å²) in [5, 5.41) is 12.0. The minimum Gasteiger partial charge on any atom is -0.494 e. The van der Waals surface area contributed by atoms with E-state index < -0.39 is 6.04 Å². The lowest BCUT2D eigenvalue weighted by atomic mass is 10.1. The molecular formula is C14H16N2O. The van der Waals surface area contributed by atoms with Crippen LogP contribution in [0, 0.1) is 23.7 Å². The van der Waals surface area contributed by atoms with Crippen molar-refractivity contribution in [2.75, 3.05) is 13.2 Å². The predicted octanol–water partition coefficient (Wildman–Crippen LogP) is 2.26. The summed E-state index contributed by atoms with van der Waals surface area (Å²) in [6, 6.07) is 9.30. The molecule has 1 N–H and O–H groups in total. The Balaban J connectivity index is 2.75. The van der Waals surface area contributed by atoms with E-state index >= 15 is 0 Å². The van der Waals surface area contributed by atoms with E-state index in [0.29, 0.717) is 13.2 Å². The SMILES string of the molecule is C#CCNC(C#N)c1cccc(OCCC)c1. The molecule has 3 heteroatoms. The van der Waals surface area contributed by atoms with Gasteiger partial charge in [-0.2, -0.15) is 5.26 Å². The minimum atomic E-state index is -0.392. The highest BCUT2D eigenvalue weighted by atomic mass is 16.5. The second-order valence-corrected chi connectivity index (χ2v) is 3.57. The highest BCUT2D eigenvalue weighted by Crippen LogP contribution is 2.19. The van der Waals surface area contributed by atoms with E-state index in [1.807, 2.05) is 24.3 Å². The molecule has 0 amide bonds. The van der Waals surface area contributed by atoms with E-state index in [4.69, 9.17) is 16.4 Å². The maximum Gasteiger partial charge on any atom is 0.122 e. The molecule has 0 fully saturated rings. The second-order valence-electron chi connectivity index (χ2n) is 3.57. The molecule has 1 aromatic rings. The fraction of sp³-hybridized carbons (Fsp3) is 0.357. The molecule has 0 saturated carbocycles. The Labute approximate surface area is 102 Å².